The molecule has 0 bridgehead atoms. The van der Waals surface area contributed by atoms with E-state index in [-0.39, 0.29) is 32.9 Å². The van der Waals surface area contributed by atoms with Gasteiger partial charge < -0.3 is 5.32 Å². The highest BCUT2D eigenvalue weighted by Crippen LogP contribution is 2.25. The number of thiazole rings is 1. The van der Waals surface area contributed by atoms with Crippen LogP contribution in [0.5, 0.6) is 0 Å². The third-order valence-corrected chi connectivity index (χ3v) is 7.23. The van der Waals surface area contributed by atoms with E-state index >= 15 is 0 Å². The highest BCUT2D eigenvalue weighted by molar-refractivity contribution is 7.89. The number of anilines is 1. The summed E-state index contributed by atoms with van der Waals surface area (Å²) in [5.74, 6) is -0.328. The van der Waals surface area contributed by atoms with Crippen LogP contribution in [0.15, 0.2) is 35.4 Å². The Morgan fingerprint density at radius 1 is 1.25 bits per heavy atom. The zero-order valence-corrected chi connectivity index (χ0v) is 16.7. The number of hydrogen-bond donors (Lipinski definition) is 1. The molecule has 28 heavy (non-hydrogen) atoms. The maximum Gasteiger partial charge on any atom is 0.345 e. The molecule has 1 aliphatic rings. The third-order valence-electron chi connectivity index (χ3n) is 4.43. The number of aromatic nitrogens is 1. The molecule has 9 nitrogen and oxygen atoms in total. The van der Waals surface area contributed by atoms with E-state index in [9.17, 15) is 23.3 Å². The van der Waals surface area contributed by atoms with Crippen molar-refractivity contribution in [2.45, 2.75) is 30.6 Å². The van der Waals surface area contributed by atoms with Crippen molar-refractivity contribution >= 4 is 37.3 Å². The third kappa shape index (κ3) is 4.72. The summed E-state index contributed by atoms with van der Waals surface area (Å²) in [6.45, 7) is 0.841. The Morgan fingerprint density at radius 3 is 2.61 bits per heavy atom. The molecule has 1 N–H and O–H groups in total. The number of nitro groups is 1. The molecule has 0 spiro atoms. The maximum absolute atomic E-state index is 12.9. The molecule has 1 fully saturated rings. The van der Waals surface area contributed by atoms with Crippen LogP contribution >= 0.6 is 11.3 Å². The van der Waals surface area contributed by atoms with Crippen LogP contribution in [0.2, 0.25) is 0 Å². The highest BCUT2D eigenvalue weighted by Gasteiger charge is 2.25. The number of benzene rings is 1. The summed E-state index contributed by atoms with van der Waals surface area (Å²) in [4.78, 5) is 26.5. The number of nitrogens with zero attached hydrogens (tertiary/aromatic N) is 3. The molecular formula is C17H20N4O5S2. The van der Waals surface area contributed by atoms with Gasteiger partial charge in [-0.2, -0.15) is 4.31 Å². The molecule has 1 aromatic heterocycles. The second-order valence-electron chi connectivity index (χ2n) is 6.38. The van der Waals surface area contributed by atoms with E-state index in [1.54, 1.807) is 12.1 Å². The number of carbonyl (C=O) groups excluding carboxylic acids is 1. The van der Waals surface area contributed by atoms with Gasteiger partial charge in [-0.1, -0.05) is 25.0 Å². The van der Waals surface area contributed by atoms with Crippen molar-refractivity contribution in [3.63, 3.8) is 0 Å². The minimum absolute atomic E-state index is 0.102. The average Bonchev–Trinajstić information content (AvgIpc) is 2.99. The number of carbonyl (C=O) groups is 1. The normalized spacial score (nSPS) is 15.7. The molecule has 3 rings (SSSR count). The number of rotatable bonds is 7. The smallest absolute Gasteiger partial charge is 0.345 e. The molecule has 1 saturated heterocycles. The monoisotopic (exact) mass is 424 g/mol. The van der Waals surface area contributed by atoms with Crippen LogP contribution < -0.4 is 5.32 Å². The van der Waals surface area contributed by atoms with Gasteiger partial charge in [0, 0.05) is 18.7 Å². The van der Waals surface area contributed by atoms with E-state index in [0.717, 1.165) is 43.2 Å². The van der Waals surface area contributed by atoms with Gasteiger partial charge in [0.05, 0.1) is 16.4 Å². The van der Waals surface area contributed by atoms with E-state index in [1.165, 1.54) is 16.4 Å². The lowest BCUT2D eigenvalue weighted by atomic mass is 10.1. The fourth-order valence-electron chi connectivity index (χ4n) is 2.95. The number of Topliss-reactive ketones (excluding diaryl/α,β-unsaturated/α-hetero) is 1. The summed E-state index contributed by atoms with van der Waals surface area (Å²) < 4.78 is 27.3. The quantitative estimate of drug-likeness (QED) is 0.412. The van der Waals surface area contributed by atoms with Gasteiger partial charge >= 0.3 is 5.00 Å². The van der Waals surface area contributed by atoms with Gasteiger partial charge in [-0.3, -0.25) is 14.9 Å². The predicted molar refractivity (Wildman–Crippen MR) is 105 cm³/mol. The van der Waals surface area contributed by atoms with Crippen molar-refractivity contribution < 1.29 is 18.1 Å². The summed E-state index contributed by atoms with van der Waals surface area (Å²) >= 11 is 0.830. The van der Waals surface area contributed by atoms with Gasteiger partial charge in [0.25, 0.3) is 0 Å². The summed E-state index contributed by atoms with van der Waals surface area (Å²) in [5.41, 5.74) is 0.259. The van der Waals surface area contributed by atoms with E-state index in [1.807, 2.05) is 0 Å². The van der Waals surface area contributed by atoms with E-state index in [4.69, 9.17) is 0 Å². The molecule has 11 heteroatoms. The Bertz CT molecular complexity index is 965. The Hall–Kier alpha value is -2.37. The molecule has 150 valence electrons. The predicted octanol–water partition coefficient (Wildman–Crippen LogP) is 2.91. The van der Waals surface area contributed by atoms with Crippen molar-refractivity contribution in [2.75, 3.05) is 25.0 Å². The van der Waals surface area contributed by atoms with Gasteiger partial charge in [0.1, 0.15) is 6.20 Å². The van der Waals surface area contributed by atoms with Crippen LogP contribution in [0.25, 0.3) is 0 Å². The van der Waals surface area contributed by atoms with Crippen molar-refractivity contribution in [3.8, 4) is 0 Å². The highest BCUT2D eigenvalue weighted by atomic mass is 32.2. The van der Waals surface area contributed by atoms with Gasteiger partial charge in [-0.15, -0.1) is 0 Å². The van der Waals surface area contributed by atoms with Gasteiger partial charge in [0.2, 0.25) is 10.0 Å². The average molecular weight is 425 g/mol. The standard InChI is InChI=1S/C17H20N4O5S2/c22-15(11-18-17-19-12-16(27-17)21(23)24)13-6-5-7-14(10-13)28(25,26)20-8-3-1-2-4-9-20/h5-7,10,12H,1-4,8-9,11H2,(H,18,19). The van der Waals surface area contributed by atoms with Crippen molar-refractivity contribution in [1.82, 2.24) is 9.29 Å². The summed E-state index contributed by atoms with van der Waals surface area (Å²) in [6, 6.07) is 5.98. The summed E-state index contributed by atoms with van der Waals surface area (Å²) in [7, 11) is -3.64. The number of ketones is 1. The SMILES string of the molecule is O=C(CNc1ncc([N+](=O)[O-])s1)c1cccc(S(=O)(=O)N2CCCCCC2)c1. The first kappa shape index (κ1) is 20.4. The van der Waals surface area contributed by atoms with Crippen molar-refractivity contribution in [1.29, 1.82) is 0 Å². The van der Waals surface area contributed by atoms with Gasteiger partial charge in [0.15, 0.2) is 10.9 Å². The molecule has 0 unspecified atom stereocenters. The van der Waals surface area contributed by atoms with Crippen LogP contribution in [-0.4, -0.2) is 48.0 Å². The molecule has 0 amide bonds. The first-order valence-electron chi connectivity index (χ1n) is 8.85. The zero-order chi connectivity index (χ0) is 20.1. The van der Waals surface area contributed by atoms with E-state index < -0.39 is 14.9 Å². The first-order valence-corrected chi connectivity index (χ1v) is 11.1. The van der Waals surface area contributed by atoms with E-state index in [0.29, 0.717) is 13.1 Å². The lowest BCUT2D eigenvalue weighted by Crippen LogP contribution is -2.32. The van der Waals surface area contributed by atoms with Crippen LogP contribution in [0.1, 0.15) is 36.0 Å². The second kappa shape index (κ2) is 8.76. The van der Waals surface area contributed by atoms with Gasteiger partial charge in [-0.05, 0) is 36.3 Å². The fourth-order valence-corrected chi connectivity index (χ4v) is 5.14. The van der Waals surface area contributed by atoms with Crippen LogP contribution in [0.4, 0.5) is 10.1 Å². The lowest BCUT2D eigenvalue weighted by Gasteiger charge is -2.20. The summed E-state index contributed by atoms with van der Waals surface area (Å²) in [6.07, 6.45) is 4.82. The van der Waals surface area contributed by atoms with Crippen LogP contribution in [0, 0.1) is 10.1 Å². The Morgan fingerprint density at radius 2 is 1.96 bits per heavy atom. The Balaban J connectivity index is 1.70. The molecule has 1 aliphatic heterocycles. The Labute approximate surface area is 166 Å². The minimum Gasteiger partial charge on any atom is -0.354 e. The Kier molecular flexibility index (Phi) is 6.37. The van der Waals surface area contributed by atoms with Crippen LogP contribution in [-0.2, 0) is 10.0 Å². The molecule has 0 aliphatic carbocycles. The molecule has 1 aromatic carbocycles. The summed E-state index contributed by atoms with van der Waals surface area (Å²) in [5, 5.41) is 13.6. The van der Waals surface area contributed by atoms with Gasteiger partial charge in [-0.25, -0.2) is 13.4 Å². The molecule has 2 heterocycles. The second-order valence-corrected chi connectivity index (χ2v) is 9.33. The van der Waals surface area contributed by atoms with Crippen LogP contribution in [0.3, 0.4) is 0 Å². The molecule has 0 atom stereocenters. The topological polar surface area (TPSA) is 123 Å². The zero-order valence-electron chi connectivity index (χ0n) is 15.0. The maximum atomic E-state index is 12.9. The molecule has 0 radical (unpaired) electrons. The van der Waals surface area contributed by atoms with Crippen molar-refractivity contribution in [3.05, 3.63) is 46.1 Å². The molecular weight excluding hydrogens is 404 g/mol. The number of nitrogens with one attached hydrogen (secondary N) is 1. The van der Waals surface area contributed by atoms with Crippen molar-refractivity contribution in [2.24, 2.45) is 0 Å². The number of sulfonamides is 1. The largest absolute Gasteiger partial charge is 0.354 e. The lowest BCUT2D eigenvalue weighted by molar-refractivity contribution is -0.380. The first-order chi connectivity index (χ1) is 13.4. The minimum atomic E-state index is -3.64. The molecule has 0 saturated carbocycles. The number of hydrogen-bond acceptors (Lipinski definition) is 8. The van der Waals surface area contributed by atoms with E-state index in [2.05, 4.69) is 10.3 Å². The fraction of sp³-hybridized carbons (Fsp3) is 0.412. The molecule has 2 aromatic rings.